The Bertz CT molecular complexity index is 1720. The number of ether oxygens (including phenoxy) is 1. The van der Waals surface area contributed by atoms with Crippen LogP contribution >= 0.6 is 0 Å². The molecule has 0 unspecified atom stereocenters. The second-order valence-corrected chi connectivity index (χ2v) is 11.4. The first-order chi connectivity index (χ1) is 18.5. The number of nitrogens with one attached hydrogen (secondary N) is 2. The SMILES string of the molecule is O=S(=O)(Nc1ccc(-c2ccco2)cc1NS(=O)(=O)c1ccc(OC(F)(F)F)cc1)c1cccc(C(F)(F)F)c1. The lowest BCUT2D eigenvalue weighted by Crippen LogP contribution is -2.19. The van der Waals surface area contributed by atoms with E-state index in [4.69, 9.17) is 4.42 Å². The Kier molecular flexibility index (Phi) is 7.51. The van der Waals surface area contributed by atoms with Gasteiger partial charge in [-0.2, -0.15) is 13.2 Å². The quantitative estimate of drug-likeness (QED) is 0.223. The molecule has 40 heavy (non-hydrogen) atoms. The van der Waals surface area contributed by atoms with Gasteiger partial charge in [-0.25, -0.2) is 16.8 Å². The summed E-state index contributed by atoms with van der Waals surface area (Å²) in [6.07, 6.45) is -8.50. The molecule has 8 nitrogen and oxygen atoms in total. The molecule has 0 atom stereocenters. The summed E-state index contributed by atoms with van der Waals surface area (Å²) < 4.78 is 142. The first-order valence-corrected chi connectivity index (χ1v) is 13.8. The Morgan fingerprint density at radius 1 is 0.675 bits per heavy atom. The largest absolute Gasteiger partial charge is 0.573 e. The number of alkyl halides is 6. The summed E-state index contributed by atoms with van der Waals surface area (Å²) in [5.74, 6) is -0.415. The van der Waals surface area contributed by atoms with Gasteiger partial charge in [-0.05, 0) is 72.8 Å². The van der Waals surface area contributed by atoms with Crippen molar-refractivity contribution >= 4 is 31.4 Å². The number of anilines is 2. The maximum atomic E-state index is 13.1. The normalized spacial score (nSPS) is 12.7. The fraction of sp³-hybridized carbons (Fsp3) is 0.0833. The van der Waals surface area contributed by atoms with Gasteiger partial charge in [0.1, 0.15) is 11.5 Å². The van der Waals surface area contributed by atoms with Gasteiger partial charge in [0, 0.05) is 5.56 Å². The van der Waals surface area contributed by atoms with E-state index in [0.717, 1.165) is 42.5 Å². The predicted octanol–water partition coefficient (Wildman–Crippen LogP) is 6.47. The monoisotopic (exact) mass is 606 g/mol. The molecule has 1 aromatic heterocycles. The van der Waals surface area contributed by atoms with Gasteiger partial charge in [-0.15, -0.1) is 13.2 Å². The standard InChI is InChI=1S/C24H16F6N2O6S2/c25-23(26,27)16-3-1-4-19(14-16)40(35,36)31-20-11-6-15(22-5-2-12-37-22)13-21(20)32-39(33,34)18-9-7-17(8-10-18)38-24(28,29)30/h1-14,31-32H. The van der Waals surface area contributed by atoms with Crippen LogP contribution in [0.1, 0.15) is 5.56 Å². The summed E-state index contributed by atoms with van der Waals surface area (Å²) in [6.45, 7) is 0. The Hall–Kier alpha value is -4.18. The van der Waals surface area contributed by atoms with Crippen LogP contribution in [0.25, 0.3) is 11.3 Å². The van der Waals surface area contributed by atoms with Crippen LogP contribution in [0.2, 0.25) is 0 Å². The van der Waals surface area contributed by atoms with Crippen molar-refractivity contribution in [3.8, 4) is 17.1 Å². The van der Waals surface area contributed by atoms with Gasteiger partial charge >= 0.3 is 12.5 Å². The first kappa shape index (κ1) is 28.8. The summed E-state index contributed by atoms with van der Waals surface area (Å²) in [6, 6.07) is 12.9. The number of rotatable bonds is 8. The van der Waals surface area contributed by atoms with Gasteiger partial charge in [-0.1, -0.05) is 6.07 Å². The summed E-state index contributed by atoms with van der Waals surface area (Å²) >= 11 is 0. The molecule has 0 radical (unpaired) electrons. The fourth-order valence-electron chi connectivity index (χ4n) is 3.38. The van der Waals surface area contributed by atoms with Crippen LogP contribution in [0, 0.1) is 0 Å². The Morgan fingerprint density at radius 3 is 1.93 bits per heavy atom. The molecule has 4 aromatic rings. The van der Waals surface area contributed by atoms with E-state index in [1.54, 1.807) is 0 Å². The summed E-state index contributed by atoms with van der Waals surface area (Å²) in [7, 11) is -9.19. The van der Waals surface area contributed by atoms with Gasteiger partial charge in [0.2, 0.25) is 0 Å². The molecule has 3 aromatic carbocycles. The molecular weight excluding hydrogens is 590 g/mol. The topological polar surface area (TPSA) is 115 Å². The highest BCUT2D eigenvalue weighted by Gasteiger charge is 2.32. The molecule has 16 heteroatoms. The second kappa shape index (κ2) is 10.4. The molecule has 4 rings (SSSR count). The summed E-state index contributed by atoms with van der Waals surface area (Å²) in [5, 5.41) is 0. The van der Waals surface area contributed by atoms with E-state index in [9.17, 15) is 43.2 Å². The van der Waals surface area contributed by atoms with Crippen molar-refractivity contribution in [2.45, 2.75) is 22.3 Å². The van der Waals surface area contributed by atoms with E-state index in [0.29, 0.717) is 17.7 Å². The molecule has 0 saturated heterocycles. The number of sulfonamides is 2. The minimum absolute atomic E-state index is 0.265. The fourth-order valence-corrected chi connectivity index (χ4v) is 5.58. The molecule has 212 valence electrons. The zero-order valence-corrected chi connectivity index (χ0v) is 21.2. The van der Waals surface area contributed by atoms with Crippen molar-refractivity contribution in [1.29, 1.82) is 0 Å². The molecule has 0 saturated carbocycles. The number of benzene rings is 3. The third kappa shape index (κ3) is 6.87. The van der Waals surface area contributed by atoms with Gasteiger partial charge in [-0.3, -0.25) is 9.44 Å². The highest BCUT2D eigenvalue weighted by atomic mass is 32.2. The summed E-state index contributed by atoms with van der Waals surface area (Å²) in [4.78, 5) is -1.25. The second-order valence-electron chi connectivity index (χ2n) is 7.99. The molecule has 0 spiro atoms. The van der Waals surface area contributed by atoms with Crippen LogP contribution in [0.5, 0.6) is 5.75 Å². The van der Waals surface area contributed by atoms with Crippen LogP contribution in [-0.2, 0) is 26.2 Å². The average Bonchev–Trinajstić information content (AvgIpc) is 3.39. The first-order valence-electron chi connectivity index (χ1n) is 10.8. The molecule has 0 amide bonds. The lowest BCUT2D eigenvalue weighted by molar-refractivity contribution is -0.274. The maximum absolute atomic E-state index is 13.1. The van der Waals surface area contributed by atoms with Gasteiger partial charge in [0.25, 0.3) is 20.0 Å². The minimum Gasteiger partial charge on any atom is -0.464 e. The molecule has 1 heterocycles. The lowest BCUT2D eigenvalue weighted by atomic mass is 10.1. The Labute approximate surface area is 223 Å². The van der Waals surface area contributed by atoms with Crippen LogP contribution in [0.3, 0.4) is 0 Å². The van der Waals surface area contributed by atoms with E-state index < -0.39 is 53.7 Å². The third-order valence-electron chi connectivity index (χ3n) is 5.15. The molecule has 0 aliphatic carbocycles. The Morgan fingerprint density at radius 2 is 1.32 bits per heavy atom. The van der Waals surface area contributed by atoms with E-state index in [1.807, 2.05) is 0 Å². The van der Waals surface area contributed by atoms with Crippen LogP contribution in [0.4, 0.5) is 37.7 Å². The maximum Gasteiger partial charge on any atom is 0.573 e. The van der Waals surface area contributed by atoms with Crippen molar-refractivity contribution in [1.82, 2.24) is 0 Å². The minimum atomic E-state index is -5.00. The molecule has 2 N–H and O–H groups in total. The van der Waals surface area contributed by atoms with Crippen molar-refractivity contribution in [3.63, 3.8) is 0 Å². The van der Waals surface area contributed by atoms with Crippen LogP contribution in [0.15, 0.2) is 99.3 Å². The zero-order valence-electron chi connectivity index (χ0n) is 19.6. The highest BCUT2D eigenvalue weighted by Crippen LogP contribution is 2.34. The smallest absolute Gasteiger partial charge is 0.464 e. The van der Waals surface area contributed by atoms with Crippen molar-refractivity contribution in [3.05, 3.63) is 90.7 Å². The van der Waals surface area contributed by atoms with E-state index in [1.165, 1.54) is 30.5 Å². The average molecular weight is 607 g/mol. The number of hydrogen-bond donors (Lipinski definition) is 2. The van der Waals surface area contributed by atoms with Crippen LogP contribution in [-0.4, -0.2) is 23.2 Å². The number of halogens is 6. The van der Waals surface area contributed by atoms with Gasteiger partial charge in [0.15, 0.2) is 0 Å². The molecule has 0 aliphatic rings. The van der Waals surface area contributed by atoms with Crippen molar-refractivity contribution < 1.29 is 52.3 Å². The van der Waals surface area contributed by atoms with Crippen molar-refractivity contribution in [2.24, 2.45) is 0 Å². The highest BCUT2D eigenvalue weighted by molar-refractivity contribution is 7.93. The van der Waals surface area contributed by atoms with E-state index >= 15 is 0 Å². The number of hydrogen-bond acceptors (Lipinski definition) is 6. The lowest BCUT2D eigenvalue weighted by Gasteiger charge is -2.16. The molecule has 0 fully saturated rings. The van der Waals surface area contributed by atoms with Gasteiger partial charge in [0.05, 0.1) is 33.0 Å². The zero-order chi connectivity index (χ0) is 29.3. The third-order valence-corrected chi connectivity index (χ3v) is 7.90. The summed E-state index contributed by atoms with van der Waals surface area (Å²) in [5.41, 5.74) is -1.66. The van der Waals surface area contributed by atoms with Gasteiger partial charge < -0.3 is 9.15 Å². The molecule has 0 bridgehead atoms. The van der Waals surface area contributed by atoms with Crippen molar-refractivity contribution in [2.75, 3.05) is 9.44 Å². The Balaban J connectivity index is 1.71. The molecule has 0 aliphatic heterocycles. The molecular formula is C24H16F6N2O6S2. The van der Waals surface area contributed by atoms with Crippen LogP contribution < -0.4 is 14.2 Å². The number of furan rings is 1. The van der Waals surface area contributed by atoms with E-state index in [-0.39, 0.29) is 17.1 Å². The predicted molar refractivity (Wildman–Crippen MR) is 130 cm³/mol. The van der Waals surface area contributed by atoms with E-state index in [2.05, 4.69) is 14.2 Å².